The van der Waals surface area contributed by atoms with E-state index in [2.05, 4.69) is 36.3 Å². The van der Waals surface area contributed by atoms with Crippen LogP contribution in [0.5, 0.6) is 5.75 Å². The highest BCUT2D eigenvalue weighted by Gasteiger charge is 2.04. The van der Waals surface area contributed by atoms with Crippen LogP contribution in [0.25, 0.3) is 10.9 Å². The first kappa shape index (κ1) is 13.8. The Bertz CT molecular complexity index is 552. The molecule has 0 amide bonds. The van der Waals surface area contributed by atoms with Gasteiger partial charge in [0.2, 0.25) is 0 Å². The molecular weight excluding hydrogens is 236 g/mol. The van der Waals surface area contributed by atoms with Gasteiger partial charge in [-0.15, -0.1) is 0 Å². The smallest absolute Gasteiger partial charge is 0.120 e. The van der Waals surface area contributed by atoms with E-state index in [1.807, 2.05) is 19.2 Å². The van der Waals surface area contributed by atoms with E-state index in [-0.39, 0.29) is 0 Å². The van der Waals surface area contributed by atoms with Gasteiger partial charge in [0.05, 0.1) is 17.8 Å². The maximum absolute atomic E-state index is 5.73. The van der Waals surface area contributed by atoms with Crippen LogP contribution in [-0.2, 0) is 6.54 Å². The topological polar surface area (TPSA) is 34.1 Å². The van der Waals surface area contributed by atoms with Gasteiger partial charge in [-0.2, -0.15) is 0 Å². The molecule has 2 rings (SSSR count). The second kappa shape index (κ2) is 6.53. The number of rotatable bonds is 6. The molecule has 19 heavy (non-hydrogen) atoms. The lowest BCUT2D eigenvalue weighted by atomic mass is 10.1. The summed E-state index contributed by atoms with van der Waals surface area (Å²) in [6.07, 6.45) is 2.25. The van der Waals surface area contributed by atoms with Gasteiger partial charge >= 0.3 is 0 Å². The van der Waals surface area contributed by atoms with Crippen molar-refractivity contribution in [2.45, 2.75) is 33.2 Å². The number of hydrogen-bond acceptors (Lipinski definition) is 3. The second-order valence-corrected chi connectivity index (χ2v) is 4.84. The van der Waals surface area contributed by atoms with Crippen LogP contribution < -0.4 is 10.1 Å². The summed E-state index contributed by atoms with van der Waals surface area (Å²) >= 11 is 0. The van der Waals surface area contributed by atoms with Gasteiger partial charge in [-0.3, -0.25) is 4.98 Å². The van der Waals surface area contributed by atoms with Crippen molar-refractivity contribution in [2.24, 2.45) is 0 Å². The molecule has 102 valence electrons. The molecule has 1 aromatic carbocycles. The number of aromatic nitrogens is 1. The average molecular weight is 258 g/mol. The van der Waals surface area contributed by atoms with Crippen LogP contribution in [0.15, 0.2) is 24.3 Å². The van der Waals surface area contributed by atoms with Crippen molar-refractivity contribution in [1.82, 2.24) is 10.3 Å². The van der Waals surface area contributed by atoms with Gasteiger partial charge in [0.25, 0.3) is 0 Å². The third-order valence-electron chi connectivity index (χ3n) is 3.19. The molecule has 0 radical (unpaired) electrons. The molecule has 0 saturated carbocycles. The lowest BCUT2D eigenvalue weighted by Crippen LogP contribution is -2.08. The first-order valence-corrected chi connectivity index (χ1v) is 6.92. The zero-order chi connectivity index (χ0) is 13.7. The summed E-state index contributed by atoms with van der Waals surface area (Å²) in [5, 5.41) is 4.29. The number of benzene rings is 1. The molecule has 2 aromatic rings. The number of ether oxygens (including phenoxy) is 1. The zero-order valence-corrected chi connectivity index (χ0v) is 12.0. The number of fused-ring (bicyclic) bond motifs is 1. The van der Waals surface area contributed by atoms with Gasteiger partial charge in [-0.05, 0) is 50.2 Å². The van der Waals surface area contributed by atoms with Crippen molar-refractivity contribution in [3.8, 4) is 5.75 Å². The predicted octanol–water partition coefficient (Wildman–Crippen LogP) is 3.44. The van der Waals surface area contributed by atoms with Crippen LogP contribution in [0, 0.1) is 6.92 Å². The molecule has 0 aliphatic heterocycles. The molecule has 1 aromatic heterocycles. The molecule has 0 spiro atoms. The second-order valence-electron chi connectivity index (χ2n) is 4.84. The third-order valence-corrected chi connectivity index (χ3v) is 3.19. The van der Waals surface area contributed by atoms with E-state index in [4.69, 9.17) is 4.74 Å². The summed E-state index contributed by atoms with van der Waals surface area (Å²) in [5.41, 5.74) is 3.35. The molecule has 0 saturated heterocycles. The minimum atomic E-state index is 0.784. The Balaban J connectivity index is 2.25. The van der Waals surface area contributed by atoms with Crippen molar-refractivity contribution in [3.63, 3.8) is 0 Å². The Morgan fingerprint density at radius 2 is 2.11 bits per heavy atom. The van der Waals surface area contributed by atoms with Crippen LogP contribution in [0.3, 0.4) is 0 Å². The van der Waals surface area contributed by atoms with Gasteiger partial charge < -0.3 is 10.1 Å². The summed E-state index contributed by atoms with van der Waals surface area (Å²) in [4.78, 5) is 4.68. The van der Waals surface area contributed by atoms with Crippen LogP contribution in [0.4, 0.5) is 0 Å². The summed E-state index contributed by atoms with van der Waals surface area (Å²) in [6, 6.07) is 8.30. The summed E-state index contributed by atoms with van der Waals surface area (Å²) < 4.78 is 5.73. The molecular formula is C16H22N2O. The highest BCUT2D eigenvalue weighted by atomic mass is 16.5. The normalized spacial score (nSPS) is 10.9. The molecule has 1 N–H and O–H groups in total. The Hall–Kier alpha value is -1.61. The van der Waals surface area contributed by atoms with E-state index >= 15 is 0 Å². The van der Waals surface area contributed by atoms with Crippen LogP contribution in [0.1, 0.15) is 31.0 Å². The van der Waals surface area contributed by atoms with Crippen LogP contribution >= 0.6 is 0 Å². The molecule has 3 nitrogen and oxygen atoms in total. The number of hydrogen-bond donors (Lipinski definition) is 1. The maximum atomic E-state index is 5.73. The van der Waals surface area contributed by atoms with E-state index in [9.17, 15) is 0 Å². The Morgan fingerprint density at radius 3 is 2.84 bits per heavy atom. The largest absolute Gasteiger partial charge is 0.494 e. The van der Waals surface area contributed by atoms with Gasteiger partial charge in [0.15, 0.2) is 0 Å². The highest BCUT2D eigenvalue weighted by Crippen LogP contribution is 2.22. The molecule has 0 unspecified atom stereocenters. The van der Waals surface area contributed by atoms with E-state index in [0.29, 0.717) is 0 Å². The molecule has 1 heterocycles. The minimum Gasteiger partial charge on any atom is -0.494 e. The first-order chi connectivity index (χ1) is 9.24. The molecule has 0 bridgehead atoms. The minimum absolute atomic E-state index is 0.784. The number of pyridine rings is 1. The molecule has 0 aliphatic rings. The Kier molecular flexibility index (Phi) is 4.74. The fraction of sp³-hybridized carbons (Fsp3) is 0.438. The molecule has 0 fully saturated rings. The van der Waals surface area contributed by atoms with Crippen molar-refractivity contribution < 1.29 is 4.74 Å². The fourth-order valence-electron chi connectivity index (χ4n) is 2.07. The quantitative estimate of drug-likeness (QED) is 0.806. The number of nitrogens with one attached hydrogen (secondary N) is 1. The Morgan fingerprint density at radius 1 is 1.26 bits per heavy atom. The highest BCUT2D eigenvalue weighted by molar-refractivity contribution is 5.81. The van der Waals surface area contributed by atoms with Crippen molar-refractivity contribution >= 4 is 10.9 Å². The zero-order valence-electron chi connectivity index (χ0n) is 12.0. The maximum Gasteiger partial charge on any atom is 0.120 e. The van der Waals surface area contributed by atoms with E-state index in [0.717, 1.165) is 48.3 Å². The monoisotopic (exact) mass is 258 g/mol. The van der Waals surface area contributed by atoms with Crippen molar-refractivity contribution in [1.29, 1.82) is 0 Å². The van der Waals surface area contributed by atoms with E-state index < -0.39 is 0 Å². The number of unbranched alkanes of at least 4 members (excludes halogenated alkanes) is 1. The molecule has 0 aliphatic carbocycles. The lowest BCUT2D eigenvalue weighted by Gasteiger charge is -2.09. The SMILES string of the molecule is CCCCOc1ccc2nc(CNC)c(C)cc2c1. The standard InChI is InChI=1S/C16H22N2O/c1-4-5-8-19-14-6-7-15-13(10-14)9-12(2)16(18-15)11-17-3/h6-7,9-10,17H,4-5,8,11H2,1-3H3. The van der Waals surface area contributed by atoms with Gasteiger partial charge in [0, 0.05) is 11.9 Å². The van der Waals surface area contributed by atoms with Crippen LogP contribution in [-0.4, -0.2) is 18.6 Å². The third kappa shape index (κ3) is 3.44. The molecule has 3 heteroatoms. The fourth-order valence-corrected chi connectivity index (χ4v) is 2.07. The summed E-state index contributed by atoms with van der Waals surface area (Å²) in [7, 11) is 1.94. The number of aryl methyl sites for hydroxylation is 1. The van der Waals surface area contributed by atoms with Crippen molar-refractivity contribution in [3.05, 3.63) is 35.5 Å². The predicted molar refractivity (Wildman–Crippen MR) is 79.6 cm³/mol. The van der Waals surface area contributed by atoms with Gasteiger partial charge in [-0.25, -0.2) is 0 Å². The van der Waals surface area contributed by atoms with Crippen LogP contribution in [0.2, 0.25) is 0 Å². The summed E-state index contributed by atoms with van der Waals surface area (Å²) in [6.45, 7) is 5.85. The van der Waals surface area contributed by atoms with Gasteiger partial charge in [-0.1, -0.05) is 13.3 Å². The van der Waals surface area contributed by atoms with Gasteiger partial charge in [0.1, 0.15) is 5.75 Å². The molecule has 0 atom stereocenters. The van der Waals surface area contributed by atoms with Crippen molar-refractivity contribution in [2.75, 3.05) is 13.7 Å². The lowest BCUT2D eigenvalue weighted by molar-refractivity contribution is 0.310. The van der Waals surface area contributed by atoms with E-state index in [1.54, 1.807) is 0 Å². The van der Waals surface area contributed by atoms with E-state index in [1.165, 1.54) is 5.56 Å². The average Bonchev–Trinajstić information content (AvgIpc) is 2.40. The Labute approximate surface area is 115 Å². The number of nitrogens with zero attached hydrogens (tertiary/aromatic N) is 1. The summed E-state index contributed by atoms with van der Waals surface area (Å²) in [5.74, 6) is 0.934. The first-order valence-electron chi connectivity index (χ1n) is 6.92.